The van der Waals surface area contributed by atoms with Gasteiger partial charge < -0.3 is 4.74 Å². The van der Waals surface area contributed by atoms with Gasteiger partial charge in [-0.05, 0) is 67.9 Å². The molecule has 0 radical (unpaired) electrons. The number of hydrogen-bond acceptors (Lipinski definition) is 2. The summed E-state index contributed by atoms with van der Waals surface area (Å²) in [5.41, 5.74) is 5.45. The Balaban J connectivity index is 0.00000261. The molecule has 0 N–H and O–H groups in total. The van der Waals surface area contributed by atoms with Crippen molar-refractivity contribution in [3.8, 4) is 11.5 Å². The zero-order valence-electron chi connectivity index (χ0n) is 15.6. The fourth-order valence-corrected chi connectivity index (χ4v) is 3.59. The number of para-hydroxylation sites is 1. The van der Waals surface area contributed by atoms with Crippen molar-refractivity contribution >= 4 is 39.2 Å². The molecular weight excluding hydrogens is 346 g/mol. The van der Waals surface area contributed by atoms with Crippen LogP contribution in [0, 0.1) is 27.7 Å². The topological polar surface area (TPSA) is 26.3 Å². The van der Waals surface area contributed by atoms with Gasteiger partial charge in [0.2, 0.25) is 0 Å². The Kier molecular flexibility index (Phi) is 7.07. The zero-order chi connectivity index (χ0) is 18.8. The molecule has 0 aliphatic heterocycles. The molecule has 134 valence electrons. The Morgan fingerprint density at radius 2 is 1.44 bits per heavy atom. The first-order valence-corrected chi connectivity index (χ1v) is 9.20. The van der Waals surface area contributed by atoms with E-state index in [0.29, 0.717) is 11.3 Å². The number of benzene rings is 3. The predicted octanol–water partition coefficient (Wildman–Crippen LogP) is 4.80. The fourth-order valence-electron chi connectivity index (χ4n) is 3.35. The van der Waals surface area contributed by atoms with Crippen LogP contribution in [0.15, 0.2) is 54.6 Å². The van der Waals surface area contributed by atoms with Crippen LogP contribution in [0.4, 0.5) is 0 Å². The van der Waals surface area contributed by atoms with Crippen molar-refractivity contribution in [2.45, 2.75) is 27.7 Å². The molecule has 0 aliphatic rings. The molecule has 3 aromatic rings. The summed E-state index contributed by atoms with van der Waals surface area (Å²) in [5.74, 6) is 1.31. The van der Waals surface area contributed by atoms with Gasteiger partial charge in [0.1, 0.15) is 11.5 Å². The average Bonchev–Trinajstić information content (AvgIpc) is 2.58. The van der Waals surface area contributed by atoms with E-state index >= 15 is 0 Å². The van der Waals surface area contributed by atoms with Crippen molar-refractivity contribution in [3.63, 3.8) is 0 Å². The Labute approximate surface area is 175 Å². The summed E-state index contributed by atoms with van der Waals surface area (Å²) in [6, 6.07) is 17.5. The van der Waals surface area contributed by atoms with Crippen molar-refractivity contribution in [1.82, 2.24) is 0 Å². The monoisotopic (exact) mass is 370 g/mol. The van der Waals surface area contributed by atoms with Gasteiger partial charge in [-0.2, -0.15) is 0 Å². The molecular formula is C23H24LiO2P. The molecule has 0 bridgehead atoms. The minimum absolute atomic E-state index is 0. The fraction of sp³-hybridized carbons (Fsp3) is 0.174. The molecule has 0 aliphatic carbocycles. The van der Waals surface area contributed by atoms with E-state index in [1.807, 2.05) is 70.2 Å². The summed E-state index contributed by atoms with van der Waals surface area (Å²) in [4.78, 5) is 13.5. The molecule has 0 saturated heterocycles. The van der Waals surface area contributed by atoms with Gasteiger partial charge in [-0.25, -0.2) is 0 Å². The average molecular weight is 370 g/mol. The van der Waals surface area contributed by atoms with Crippen LogP contribution < -0.4 is 10.0 Å². The van der Waals surface area contributed by atoms with Crippen molar-refractivity contribution in [2.75, 3.05) is 0 Å². The Bertz CT molecular complexity index is 958. The first-order valence-electron chi connectivity index (χ1n) is 8.63. The first kappa shape index (κ1) is 21.5. The maximum atomic E-state index is 13.5. The van der Waals surface area contributed by atoms with Crippen molar-refractivity contribution in [3.05, 3.63) is 88.0 Å². The number of carbonyl (C=O) groups is 1. The third-order valence-corrected chi connectivity index (χ3v) is 5.20. The van der Waals surface area contributed by atoms with Crippen molar-refractivity contribution in [2.24, 2.45) is 0 Å². The summed E-state index contributed by atoms with van der Waals surface area (Å²) >= 11 is 0. The van der Waals surface area contributed by atoms with Crippen LogP contribution in [-0.4, -0.2) is 24.6 Å². The molecule has 0 fully saturated rings. The second-order valence-electron chi connectivity index (χ2n) is 6.67. The summed E-state index contributed by atoms with van der Waals surface area (Å²) in [6.45, 7) is 7.99. The summed E-state index contributed by atoms with van der Waals surface area (Å²) < 4.78 is 6.06. The van der Waals surface area contributed by atoms with E-state index in [-0.39, 0.29) is 24.6 Å². The van der Waals surface area contributed by atoms with Crippen LogP contribution in [-0.2, 0) is 0 Å². The first-order chi connectivity index (χ1) is 12.4. The number of hydrogen-bond donors (Lipinski definition) is 0. The Morgan fingerprint density at radius 1 is 0.852 bits per heavy atom. The Morgan fingerprint density at radius 3 is 2.04 bits per heavy atom. The van der Waals surface area contributed by atoms with Crippen LogP contribution >= 0.6 is 9.24 Å². The number of ether oxygens (including phenoxy) is 1. The van der Waals surface area contributed by atoms with Crippen molar-refractivity contribution < 1.29 is 9.53 Å². The van der Waals surface area contributed by atoms with Crippen molar-refractivity contribution in [1.29, 1.82) is 0 Å². The minimum atomic E-state index is 0. The van der Waals surface area contributed by atoms with Gasteiger partial charge in [-0.3, -0.25) is 4.79 Å². The van der Waals surface area contributed by atoms with Gasteiger partial charge in [-0.15, -0.1) is 9.24 Å². The molecule has 1 atom stereocenters. The van der Waals surface area contributed by atoms with E-state index in [4.69, 9.17) is 4.74 Å². The van der Waals surface area contributed by atoms with E-state index in [9.17, 15) is 4.79 Å². The van der Waals surface area contributed by atoms with E-state index in [1.165, 1.54) is 0 Å². The van der Waals surface area contributed by atoms with Gasteiger partial charge in [0.15, 0.2) is 5.78 Å². The molecule has 3 rings (SSSR count). The molecule has 0 amide bonds. The number of rotatable bonds is 4. The predicted molar refractivity (Wildman–Crippen MR) is 118 cm³/mol. The van der Waals surface area contributed by atoms with Gasteiger partial charge in [0.05, 0.1) is 5.56 Å². The summed E-state index contributed by atoms with van der Waals surface area (Å²) in [6.07, 6.45) is 0. The van der Waals surface area contributed by atoms with E-state index in [2.05, 4.69) is 21.4 Å². The van der Waals surface area contributed by atoms with Crippen LogP contribution in [0.5, 0.6) is 11.5 Å². The molecule has 0 saturated carbocycles. The maximum absolute atomic E-state index is 13.5. The molecule has 3 aromatic carbocycles. The van der Waals surface area contributed by atoms with Crippen LogP contribution in [0.25, 0.3) is 0 Å². The normalized spacial score (nSPS) is 10.3. The van der Waals surface area contributed by atoms with Gasteiger partial charge in [0, 0.05) is 5.56 Å². The van der Waals surface area contributed by atoms with Crippen LogP contribution in [0.3, 0.4) is 0 Å². The van der Waals surface area contributed by atoms with Gasteiger partial charge >= 0.3 is 18.9 Å². The summed E-state index contributed by atoms with van der Waals surface area (Å²) in [7, 11) is 2.70. The standard InChI is InChI=1S/C23H23O2P.Li.H/c1-14-12-15(2)21(16(3)13-14)23(24)22-17(4)20(26)11-10-19(22)25-18-8-6-5-7-9-18;;/h5-13H,26H2,1-4H3;;. The summed E-state index contributed by atoms with van der Waals surface area (Å²) in [5, 5.41) is 0.996. The molecule has 4 heteroatoms. The second kappa shape index (κ2) is 8.90. The number of aryl methyl sites for hydroxylation is 3. The van der Waals surface area contributed by atoms with Crippen LogP contribution in [0.2, 0.25) is 0 Å². The number of carbonyl (C=O) groups excluding carboxylic acids is 1. The molecule has 27 heavy (non-hydrogen) atoms. The van der Waals surface area contributed by atoms with E-state index < -0.39 is 0 Å². The zero-order valence-corrected chi connectivity index (χ0v) is 16.7. The third kappa shape index (κ3) is 4.53. The van der Waals surface area contributed by atoms with Gasteiger partial charge in [-0.1, -0.05) is 42.0 Å². The number of ketones is 1. The van der Waals surface area contributed by atoms with Gasteiger partial charge in [0.25, 0.3) is 0 Å². The second-order valence-corrected chi connectivity index (χ2v) is 7.29. The quantitative estimate of drug-likeness (QED) is 0.375. The Hall–Kier alpha value is -1.84. The molecule has 0 aromatic heterocycles. The molecule has 1 unspecified atom stereocenters. The SMILES string of the molecule is Cc1cc(C)c(C(=O)c2c(Oc3ccccc3)ccc(P)c2C)c(C)c1.[LiH]. The molecule has 0 spiro atoms. The van der Waals surface area contributed by atoms with E-state index in [1.54, 1.807) is 0 Å². The van der Waals surface area contributed by atoms with E-state index in [0.717, 1.165) is 38.9 Å². The molecule has 0 heterocycles. The third-order valence-electron chi connectivity index (χ3n) is 4.57. The van der Waals surface area contributed by atoms with Crippen LogP contribution in [0.1, 0.15) is 38.2 Å². The molecule has 2 nitrogen and oxygen atoms in total.